The summed E-state index contributed by atoms with van der Waals surface area (Å²) in [4.78, 5) is 26.3. The quantitative estimate of drug-likeness (QED) is 0.398. The van der Waals surface area contributed by atoms with Gasteiger partial charge in [0.1, 0.15) is 6.04 Å². The van der Waals surface area contributed by atoms with E-state index in [1.54, 1.807) is 30.3 Å². The molecule has 3 aromatic carbocycles. The second kappa shape index (κ2) is 11.2. The van der Waals surface area contributed by atoms with Crippen molar-refractivity contribution in [3.8, 4) is 11.8 Å². The summed E-state index contributed by atoms with van der Waals surface area (Å²) in [5.41, 5.74) is 2.68. The Morgan fingerprint density at radius 3 is 2.09 bits per heavy atom. The molecule has 0 aliphatic rings. The predicted molar refractivity (Wildman–Crippen MR) is 129 cm³/mol. The van der Waals surface area contributed by atoms with E-state index in [1.807, 2.05) is 54.8 Å². The highest BCUT2D eigenvalue weighted by Crippen LogP contribution is 2.24. The Balaban J connectivity index is 1.68. The van der Waals surface area contributed by atoms with Crippen LogP contribution in [-0.2, 0) is 4.79 Å². The summed E-state index contributed by atoms with van der Waals surface area (Å²) in [5.74, 6) is 5.18. The smallest absolute Gasteiger partial charge is 0.252 e. The van der Waals surface area contributed by atoms with Crippen molar-refractivity contribution in [1.82, 2.24) is 5.32 Å². The first kappa shape index (κ1) is 23.1. The molecule has 32 heavy (non-hydrogen) atoms. The molecule has 3 rings (SSSR count). The molecule has 0 fully saturated rings. The predicted octanol–water partition coefficient (Wildman–Crippen LogP) is 3.93. The lowest BCUT2D eigenvalue weighted by Gasteiger charge is -2.21. The summed E-state index contributed by atoms with van der Waals surface area (Å²) >= 11 is 1.50. The van der Waals surface area contributed by atoms with Gasteiger partial charge >= 0.3 is 0 Å². The van der Waals surface area contributed by atoms with Gasteiger partial charge in [0.2, 0.25) is 5.91 Å². The van der Waals surface area contributed by atoms with Crippen molar-refractivity contribution in [3.63, 3.8) is 0 Å². The van der Waals surface area contributed by atoms with Gasteiger partial charge in [-0.3, -0.25) is 9.59 Å². The third kappa shape index (κ3) is 6.24. The third-order valence-electron chi connectivity index (χ3n) is 4.69. The highest BCUT2D eigenvalue weighted by molar-refractivity contribution is 7.98. The van der Waals surface area contributed by atoms with Gasteiger partial charge in [0.05, 0.1) is 11.8 Å². The zero-order valence-corrected chi connectivity index (χ0v) is 18.6. The minimum Gasteiger partial charge on any atom is -0.391 e. The van der Waals surface area contributed by atoms with Crippen LogP contribution in [0.2, 0.25) is 0 Å². The van der Waals surface area contributed by atoms with Crippen LogP contribution in [0.4, 0.5) is 5.69 Å². The molecule has 0 heterocycles. The summed E-state index contributed by atoms with van der Waals surface area (Å²) in [6.07, 6.45) is 0.837. The highest BCUT2D eigenvalue weighted by atomic mass is 32.2. The van der Waals surface area contributed by atoms with Crippen molar-refractivity contribution in [2.45, 2.75) is 24.0 Å². The van der Waals surface area contributed by atoms with Gasteiger partial charge in [-0.15, -0.1) is 11.8 Å². The monoisotopic (exact) mass is 444 g/mol. The van der Waals surface area contributed by atoms with E-state index in [9.17, 15) is 14.7 Å². The fraction of sp³-hybridized carbons (Fsp3) is 0.154. The van der Waals surface area contributed by atoms with E-state index in [2.05, 4.69) is 22.5 Å². The van der Waals surface area contributed by atoms with Crippen LogP contribution in [-0.4, -0.2) is 35.3 Å². The first-order valence-corrected chi connectivity index (χ1v) is 11.3. The topological polar surface area (TPSA) is 78.4 Å². The molecule has 0 aliphatic carbocycles. The normalized spacial score (nSPS) is 12.1. The van der Waals surface area contributed by atoms with Crippen molar-refractivity contribution in [3.05, 3.63) is 95.6 Å². The van der Waals surface area contributed by atoms with Crippen LogP contribution in [0, 0.1) is 11.8 Å². The number of thioether (sulfide) groups is 1. The first-order chi connectivity index (χ1) is 15.5. The van der Waals surface area contributed by atoms with Gasteiger partial charge < -0.3 is 15.7 Å². The van der Waals surface area contributed by atoms with E-state index < -0.39 is 24.0 Å². The Labute approximate surface area is 192 Å². The molecule has 0 spiro atoms. The lowest BCUT2D eigenvalue weighted by Crippen LogP contribution is -2.50. The number of aliphatic hydroxyl groups excluding tert-OH is 1. The number of rotatable bonds is 6. The summed E-state index contributed by atoms with van der Waals surface area (Å²) < 4.78 is 0. The van der Waals surface area contributed by atoms with Crippen molar-refractivity contribution >= 4 is 29.3 Å². The molecule has 0 aliphatic heterocycles. The molecular weight excluding hydrogens is 420 g/mol. The van der Waals surface area contributed by atoms with Gasteiger partial charge in [0.15, 0.2) is 0 Å². The molecule has 3 aromatic rings. The van der Waals surface area contributed by atoms with E-state index in [0.717, 1.165) is 16.0 Å². The van der Waals surface area contributed by atoms with Crippen molar-refractivity contribution in [2.24, 2.45) is 0 Å². The van der Waals surface area contributed by atoms with Crippen LogP contribution in [0.3, 0.4) is 0 Å². The minimum atomic E-state index is -1.10. The van der Waals surface area contributed by atoms with Gasteiger partial charge in [0.25, 0.3) is 5.91 Å². The number of carbonyl (C=O) groups excluding carboxylic acids is 2. The molecule has 2 amide bonds. The number of carbonyl (C=O) groups is 2. The summed E-state index contributed by atoms with van der Waals surface area (Å²) in [6.45, 7) is 1.47. The molecule has 3 N–H and O–H groups in total. The first-order valence-electron chi connectivity index (χ1n) is 10.1. The van der Waals surface area contributed by atoms with Gasteiger partial charge in [-0.25, -0.2) is 0 Å². The SMILES string of the molecule is CSc1ccccc1NC(=O)[C@@H](NC(=O)c1ccc(C#Cc2ccccc2)cc1)[C@@H](C)O. The largest absolute Gasteiger partial charge is 0.391 e. The van der Waals surface area contributed by atoms with E-state index in [4.69, 9.17) is 0 Å². The zero-order chi connectivity index (χ0) is 22.9. The molecule has 0 saturated heterocycles. The van der Waals surface area contributed by atoms with Crippen LogP contribution >= 0.6 is 11.8 Å². The lowest BCUT2D eigenvalue weighted by molar-refractivity contribution is -0.120. The maximum absolute atomic E-state index is 12.7. The number of hydrogen-bond acceptors (Lipinski definition) is 4. The molecule has 2 atom stereocenters. The Morgan fingerprint density at radius 1 is 0.875 bits per heavy atom. The van der Waals surface area contributed by atoms with Gasteiger partial charge in [-0.1, -0.05) is 42.2 Å². The Hall–Kier alpha value is -3.53. The number of aliphatic hydroxyl groups is 1. The summed E-state index contributed by atoms with van der Waals surface area (Å²) in [7, 11) is 0. The van der Waals surface area contributed by atoms with Gasteiger partial charge in [0, 0.05) is 21.6 Å². The fourth-order valence-electron chi connectivity index (χ4n) is 2.96. The molecule has 0 saturated carbocycles. The summed E-state index contributed by atoms with van der Waals surface area (Å²) in [5, 5.41) is 15.5. The van der Waals surface area contributed by atoms with Gasteiger partial charge in [-0.2, -0.15) is 0 Å². The van der Waals surface area contributed by atoms with Crippen molar-refractivity contribution < 1.29 is 14.7 Å². The fourth-order valence-corrected chi connectivity index (χ4v) is 3.51. The molecule has 5 nitrogen and oxygen atoms in total. The molecule has 0 bridgehead atoms. The van der Waals surface area contributed by atoms with Crippen LogP contribution in [0.5, 0.6) is 0 Å². The molecule has 0 aromatic heterocycles. The van der Waals surface area contributed by atoms with E-state index in [1.165, 1.54) is 18.7 Å². The number of amides is 2. The van der Waals surface area contributed by atoms with Crippen LogP contribution < -0.4 is 10.6 Å². The van der Waals surface area contributed by atoms with Crippen molar-refractivity contribution in [2.75, 3.05) is 11.6 Å². The van der Waals surface area contributed by atoms with Crippen LogP contribution in [0.15, 0.2) is 83.8 Å². The minimum absolute atomic E-state index is 0.373. The molecule has 162 valence electrons. The van der Waals surface area contributed by atoms with Gasteiger partial charge in [-0.05, 0) is 61.7 Å². The van der Waals surface area contributed by atoms with Crippen LogP contribution in [0.1, 0.15) is 28.4 Å². The average molecular weight is 445 g/mol. The maximum Gasteiger partial charge on any atom is 0.252 e. The standard InChI is InChI=1S/C26H24N2O3S/c1-18(29)24(26(31)27-22-10-6-7-11-23(22)32-2)28-25(30)21-16-14-20(15-17-21)13-12-19-8-4-3-5-9-19/h3-11,14-18,24,29H,1-2H3,(H,27,31)(H,28,30)/t18-,24+/m1/s1. The molecule has 0 radical (unpaired) electrons. The number of hydrogen-bond donors (Lipinski definition) is 3. The van der Waals surface area contributed by atoms with E-state index >= 15 is 0 Å². The maximum atomic E-state index is 12.7. The molecule has 6 heteroatoms. The van der Waals surface area contributed by atoms with E-state index in [-0.39, 0.29) is 0 Å². The Bertz CT molecular complexity index is 1130. The van der Waals surface area contributed by atoms with E-state index in [0.29, 0.717) is 11.3 Å². The number of anilines is 1. The molecular formula is C26H24N2O3S. The lowest BCUT2D eigenvalue weighted by atomic mass is 10.1. The second-order valence-corrected chi connectivity index (χ2v) is 7.92. The average Bonchev–Trinajstić information content (AvgIpc) is 2.82. The number of benzene rings is 3. The van der Waals surface area contributed by atoms with Crippen molar-refractivity contribution in [1.29, 1.82) is 0 Å². The highest BCUT2D eigenvalue weighted by Gasteiger charge is 2.26. The zero-order valence-electron chi connectivity index (χ0n) is 17.8. The number of para-hydroxylation sites is 1. The second-order valence-electron chi connectivity index (χ2n) is 7.07. The third-order valence-corrected chi connectivity index (χ3v) is 5.48. The Morgan fingerprint density at radius 2 is 1.47 bits per heavy atom. The summed E-state index contributed by atoms with van der Waals surface area (Å²) in [6, 6.07) is 22.7. The van der Waals surface area contributed by atoms with Crippen LogP contribution in [0.25, 0.3) is 0 Å². The number of nitrogens with one attached hydrogen (secondary N) is 2. The Kier molecular flexibility index (Phi) is 8.09. The molecule has 0 unspecified atom stereocenters.